The molecule has 0 saturated carbocycles. The molecule has 0 unspecified atom stereocenters. The van der Waals surface area contributed by atoms with E-state index in [9.17, 15) is 0 Å². The maximum atomic E-state index is 4.79. The van der Waals surface area contributed by atoms with Gasteiger partial charge < -0.3 is 0 Å². The zero-order valence-electron chi connectivity index (χ0n) is 17.8. The first-order chi connectivity index (χ1) is 14.4. The summed E-state index contributed by atoms with van der Waals surface area (Å²) < 4.78 is 4.42. The molecule has 0 fully saturated rings. The van der Waals surface area contributed by atoms with E-state index >= 15 is 0 Å². The zero-order chi connectivity index (χ0) is 20.9. The van der Waals surface area contributed by atoms with Gasteiger partial charge in [0, 0.05) is 0 Å². The van der Waals surface area contributed by atoms with Crippen molar-refractivity contribution in [2.75, 3.05) is 0 Å². The van der Waals surface area contributed by atoms with Crippen LogP contribution in [0.3, 0.4) is 0 Å². The Labute approximate surface area is 188 Å². The van der Waals surface area contributed by atoms with Crippen molar-refractivity contribution in [1.29, 1.82) is 0 Å². The number of pyridine rings is 1. The molecular weight excluding hydrogens is 449 g/mol. The van der Waals surface area contributed by atoms with Crippen molar-refractivity contribution in [3.8, 4) is 21.3 Å². The molecule has 0 amide bonds. The SMILES string of the molecule is Cc1cc2c(-c3cc(-c4ccc(CC(C)(C)C)[se]4)ccn3)cc3ccccc3c2s1. The molecule has 150 valence electrons. The fourth-order valence-corrected chi connectivity index (χ4v) is 7.88. The van der Waals surface area contributed by atoms with Crippen molar-refractivity contribution in [1.82, 2.24) is 4.98 Å². The van der Waals surface area contributed by atoms with Crippen LogP contribution in [0.2, 0.25) is 0 Å². The van der Waals surface area contributed by atoms with Crippen LogP contribution in [0.15, 0.2) is 66.9 Å². The molecule has 0 radical (unpaired) electrons. The standard InChI is InChI=1S/C27H25NSSe/c1-17-13-23-22(14-18-7-5-6-8-21(18)26(23)29-17)24-15-19(11-12-28-24)25-10-9-20(30-25)16-27(2,3)4/h5-15H,16H2,1-4H3. The van der Waals surface area contributed by atoms with E-state index in [-0.39, 0.29) is 0 Å². The fraction of sp³-hybridized carbons (Fsp3) is 0.222. The van der Waals surface area contributed by atoms with Gasteiger partial charge in [-0.25, -0.2) is 0 Å². The summed E-state index contributed by atoms with van der Waals surface area (Å²) in [5.41, 5.74) is 3.97. The molecule has 0 aliphatic heterocycles. The van der Waals surface area contributed by atoms with Crippen molar-refractivity contribution in [3.05, 3.63) is 76.2 Å². The van der Waals surface area contributed by atoms with Crippen molar-refractivity contribution in [2.45, 2.75) is 34.1 Å². The van der Waals surface area contributed by atoms with Crippen LogP contribution in [0.5, 0.6) is 0 Å². The number of nitrogens with zero attached hydrogens (tertiary/aromatic N) is 1. The van der Waals surface area contributed by atoms with Crippen LogP contribution in [-0.2, 0) is 6.42 Å². The number of fused-ring (bicyclic) bond motifs is 3. The van der Waals surface area contributed by atoms with Gasteiger partial charge in [-0.05, 0) is 0 Å². The molecule has 0 aliphatic carbocycles. The molecule has 0 saturated heterocycles. The number of rotatable bonds is 3. The van der Waals surface area contributed by atoms with Crippen molar-refractivity contribution in [2.24, 2.45) is 5.41 Å². The molecule has 5 rings (SSSR count). The van der Waals surface area contributed by atoms with Gasteiger partial charge in [0.1, 0.15) is 0 Å². The second kappa shape index (κ2) is 7.50. The molecule has 0 spiro atoms. The number of hydrogen-bond donors (Lipinski definition) is 0. The Hall–Kier alpha value is -2.19. The summed E-state index contributed by atoms with van der Waals surface area (Å²) in [4.78, 5) is 6.14. The van der Waals surface area contributed by atoms with E-state index in [1.54, 1.807) is 4.44 Å². The Morgan fingerprint density at radius 2 is 1.77 bits per heavy atom. The van der Waals surface area contributed by atoms with Gasteiger partial charge >= 0.3 is 189 Å². The molecule has 0 aliphatic rings. The van der Waals surface area contributed by atoms with E-state index < -0.39 is 0 Å². The number of benzene rings is 2. The quantitative estimate of drug-likeness (QED) is 0.244. The second-order valence-corrected chi connectivity index (χ2v) is 12.9. The van der Waals surface area contributed by atoms with Crippen LogP contribution >= 0.6 is 11.3 Å². The Bertz CT molecular complexity index is 1370. The van der Waals surface area contributed by atoms with Crippen LogP contribution in [0.4, 0.5) is 0 Å². The minimum atomic E-state index is 0.341. The topological polar surface area (TPSA) is 12.9 Å². The monoisotopic (exact) mass is 475 g/mol. The molecule has 0 N–H and O–H groups in total. The molecular formula is C27H25NSSe. The average molecular weight is 475 g/mol. The Balaban J connectivity index is 1.63. The predicted molar refractivity (Wildman–Crippen MR) is 133 cm³/mol. The van der Waals surface area contributed by atoms with Gasteiger partial charge in [-0.1, -0.05) is 0 Å². The van der Waals surface area contributed by atoms with E-state index in [0.717, 1.165) is 5.69 Å². The normalized spacial score (nSPS) is 12.1. The van der Waals surface area contributed by atoms with Crippen molar-refractivity contribution in [3.63, 3.8) is 0 Å². The van der Waals surface area contributed by atoms with E-state index in [0.29, 0.717) is 19.9 Å². The summed E-state index contributed by atoms with van der Waals surface area (Å²) in [7, 11) is 0. The molecule has 3 heterocycles. The van der Waals surface area contributed by atoms with Gasteiger partial charge in [-0.2, -0.15) is 0 Å². The van der Waals surface area contributed by atoms with Crippen LogP contribution in [0.25, 0.3) is 42.1 Å². The van der Waals surface area contributed by atoms with Crippen LogP contribution in [0, 0.1) is 12.3 Å². The van der Waals surface area contributed by atoms with E-state index in [4.69, 9.17) is 4.98 Å². The minimum absolute atomic E-state index is 0.341. The zero-order valence-corrected chi connectivity index (χ0v) is 20.4. The molecule has 3 heteroatoms. The third kappa shape index (κ3) is 3.78. The second-order valence-electron chi connectivity index (χ2n) is 9.18. The molecule has 1 nitrogen and oxygen atoms in total. The first-order valence-electron chi connectivity index (χ1n) is 10.3. The van der Waals surface area contributed by atoms with Gasteiger partial charge in [0.05, 0.1) is 0 Å². The van der Waals surface area contributed by atoms with Crippen LogP contribution < -0.4 is 0 Å². The van der Waals surface area contributed by atoms with E-state index in [1.807, 2.05) is 17.5 Å². The van der Waals surface area contributed by atoms with E-state index in [1.165, 1.54) is 47.7 Å². The molecule has 2 aromatic carbocycles. The molecule has 0 atom stereocenters. The van der Waals surface area contributed by atoms with E-state index in [2.05, 4.69) is 88.4 Å². The van der Waals surface area contributed by atoms with Crippen LogP contribution in [0.1, 0.15) is 30.1 Å². The van der Waals surface area contributed by atoms with Gasteiger partial charge in [-0.15, -0.1) is 0 Å². The number of hydrogen-bond acceptors (Lipinski definition) is 2. The summed E-state index contributed by atoms with van der Waals surface area (Å²) in [5.74, 6) is 0. The molecule has 0 bridgehead atoms. The van der Waals surface area contributed by atoms with Crippen LogP contribution in [-0.4, -0.2) is 19.5 Å². The summed E-state index contributed by atoms with van der Waals surface area (Å²) in [6, 6.07) is 22.5. The molecule has 30 heavy (non-hydrogen) atoms. The van der Waals surface area contributed by atoms with Gasteiger partial charge in [0.15, 0.2) is 0 Å². The van der Waals surface area contributed by atoms with Gasteiger partial charge in [0.25, 0.3) is 0 Å². The number of thiophene rings is 1. The summed E-state index contributed by atoms with van der Waals surface area (Å²) in [5, 5.41) is 3.94. The number of aromatic nitrogens is 1. The first kappa shape index (κ1) is 19.8. The summed E-state index contributed by atoms with van der Waals surface area (Å²) in [6.07, 6.45) is 3.15. The Morgan fingerprint density at radius 3 is 2.60 bits per heavy atom. The first-order valence-corrected chi connectivity index (χ1v) is 12.9. The number of aryl methyl sites for hydroxylation is 1. The molecule has 3 aromatic heterocycles. The third-order valence-corrected chi connectivity index (χ3v) is 8.80. The summed E-state index contributed by atoms with van der Waals surface area (Å²) >= 11 is 2.29. The average Bonchev–Trinajstić information content (AvgIpc) is 3.32. The summed E-state index contributed by atoms with van der Waals surface area (Å²) in [6.45, 7) is 9.15. The van der Waals surface area contributed by atoms with Gasteiger partial charge in [0.2, 0.25) is 0 Å². The molecule has 5 aromatic rings. The van der Waals surface area contributed by atoms with Crippen molar-refractivity contribution >= 4 is 46.7 Å². The third-order valence-electron chi connectivity index (χ3n) is 5.34. The van der Waals surface area contributed by atoms with Gasteiger partial charge in [-0.3, -0.25) is 0 Å². The fourth-order valence-electron chi connectivity index (χ4n) is 4.07. The van der Waals surface area contributed by atoms with Crippen molar-refractivity contribution < 1.29 is 0 Å². The Kier molecular flexibility index (Phi) is 4.94. The predicted octanol–water partition coefficient (Wildman–Crippen LogP) is 7.74. The Morgan fingerprint density at radius 1 is 0.933 bits per heavy atom. The maximum absolute atomic E-state index is 4.79.